The number of amides is 2. The van der Waals surface area contributed by atoms with Crippen LogP contribution >= 0.6 is 11.6 Å². The quantitative estimate of drug-likeness (QED) is 0.347. The van der Waals surface area contributed by atoms with E-state index < -0.39 is 6.04 Å². The van der Waals surface area contributed by atoms with E-state index in [-0.39, 0.29) is 36.4 Å². The Morgan fingerprint density at radius 1 is 0.919 bits per heavy atom. The minimum atomic E-state index is -0.724. The molecule has 0 bridgehead atoms. The van der Waals surface area contributed by atoms with E-state index in [0.717, 1.165) is 16.7 Å². The Morgan fingerprint density at radius 2 is 1.57 bits per heavy atom. The fraction of sp³-hybridized carbons (Fsp3) is 0.355. The van der Waals surface area contributed by atoms with Crippen molar-refractivity contribution in [2.24, 2.45) is 0 Å². The van der Waals surface area contributed by atoms with Gasteiger partial charge < -0.3 is 15.0 Å². The number of hydrogen-bond donors (Lipinski definition) is 1. The van der Waals surface area contributed by atoms with Gasteiger partial charge in [0.2, 0.25) is 5.91 Å². The zero-order valence-corrected chi connectivity index (χ0v) is 23.1. The Hall–Kier alpha value is -3.31. The van der Waals surface area contributed by atoms with Crippen molar-refractivity contribution in [2.45, 2.75) is 65.1 Å². The average molecular weight is 521 g/mol. The summed E-state index contributed by atoms with van der Waals surface area (Å²) in [5.74, 6) is 0.185. The van der Waals surface area contributed by atoms with Gasteiger partial charge in [0.05, 0.1) is 0 Å². The van der Waals surface area contributed by atoms with Crippen LogP contribution in [0.5, 0.6) is 5.75 Å². The number of nitrogens with one attached hydrogen (secondary N) is 1. The van der Waals surface area contributed by atoms with Crippen molar-refractivity contribution in [2.75, 3.05) is 6.61 Å². The van der Waals surface area contributed by atoms with E-state index in [1.54, 1.807) is 11.0 Å². The lowest BCUT2D eigenvalue weighted by molar-refractivity contribution is -0.143. The number of nitrogens with zero attached hydrogens (tertiary/aromatic N) is 1. The van der Waals surface area contributed by atoms with Crippen LogP contribution in [-0.4, -0.2) is 35.4 Å². The van der Waals surface area contributed by atoms with Crippen LogP contribution in [0.4, 0.5) is 0 Å². The zero-order valence-electron chi connectivity index (χ0n) is 22.3. The molecule has 3 aromatic rings. The fourth-order valence-electron chi connectivity index (χ4n) is 4.20. The maximum absolute atomic E-state index is 13.8. The van der Waals surface area contributed by atoms with Gasteiger partial charge in [0.1, 0.15) is 11.8 Å². The normalized spacial score (nSPS) is 12.2. The average Bonchev–Trinajstić information content (AvgIpc) is 2.84. The summed E-state index contributed by atoms with van der Waals surface area (Å²) in [6, 6.07) is 24.0. The van der Waals surface area contributed by atoms with Crippen LogP contribution in [0.2, 0.25) is 5.02 Å². The molecule has 0 aliphatic rings. The number of halogens is 1. The van der Waals surface area contributed by atoms with Crippen LogP contribution < -0.4 is 10.1 Å². The number of benzene rings is 3. The standard InChI is InChI=1S/C31H37ClN2O3/c1-22(2)33-30(36)27(19-23-12-7-6-8-13-23)34(20-24-14-11-15-25(32)18-24)29(35)21-37-28-17-10-9-16-26(28)31(3,4)5/h6-18,22,27H,19-21H2,1-5H3,(H,33,36)/t27-/m0/s1. The first kappa shape index (κ1) is 28.3. The third kappa shape index (κ3) is 8.36. The minimum absolute atomic E-state index is 0.0659. The highest BCUT2D eigenvalue weighted by Crippen LogP contribution is 2.31. The largest absolute Gasteiger partial charge is 0.483 e. The molecule has 0 spiro atoms. The van der Waals surface area contributed by atoms with Crippen LogP contribution in [-0.2, 0) is 28.0 Å². The van der Waals surface area contributed by atoms with E-state index >= 15 is 0 Å². The molecule has 0 radical (unpaired) electrons. The summed E-state index contributed by atoms with van der Waals surface area (Å²) in [6.45, 7) is 10.2. The lowest BCUT2D eigenvalue weighted by atomic mass is 9.86. The van der Waals surface area contributed by atoms with Gasteiger partial charge in [-0.15, -0.1) is 0 Å². The van der Waals surface area contributed by atoms with Gasteiger partial charge in [-0.2, -0.15) is 0 Å². The van der Waals surface area contributed by atoms with Crippen molar-refractivity contribution in [1.29, 1.82) is 0 Å². The molecular weight excluding hydrogens is 484 g/mol. The summed E-state index contributed by atoms with van der Waals surface area (Å²) in [7, 11) is 0. The van der Waals surface area contributed by atoms with E-state index in [9.17, 15) is 9.59 Å². The second-order valence-corrected chi connectivity index (χ2v) is 11.0. The summed E-state index contributed by atoms with van der Waals surface area (Å²) in [5, 5.41) is 3.57. The van der Waals surface area contributed by atoms with Crippen LogP contribution in [0, 0.1) is 0 Å². The minimum Gasteiger partial charge on any atom is -0.483 e. The molecule has 3 aromatic carbocycles. The predicted molar refractivity (Wildman–Crippen MR) is 150 cm³/mol. The molecule has 37 heavy (non-hydrogen) atoms. The highest BCUT2D eigenvalue weighted by molar-refractivity contribution is 6.30. The van der Waals surface area contributed by atoms with Gasteiger partial charge in [-0.3, -0.25) is 9.59 Å². The van der Waals surface area contributed by atoms with Crippen LogP contribution in [0.3, 0.4) is 0 Å². The number of rotatable bonds is 10. The highest BCUT2D eigenvalue weighted by atomic mass is 35.5. The first-order valence-electron chi connectivity index (χ1n) is 12.6. The summed E-state index contributed by atoms with van der Waals surface area (Å²) in [6.07, 6.45) is 0.379. The van der Waals surface area contributed by atoms with E-state index in [1.165, 1.54) is 0 Å². The van der Waals surface area contributed by atoms with Gasteiger partial charge in [-0.25, -0.2) is 0 Å². The zero-order chi connectivity index (χ0) is 27.0. The second-order valence-electron chi connectivity index (χ2n) is 10.6. The molecule has 0 aliphatic heterocycles. The van der Waals surface area contributed by atoms with Crippen molar-refractivity contribution in [3.63, 3.8) is 0 Å². The molecule has 0 heterocycles. The van der Waals surface area contributed by atoms with Crippen LogP contribution in [0.15, 0.2) is 78.9 Å². The van der Waals surface area contributed by atoms with Crippen LogP contribution in [0.25, 0.3) is 0 Å². The van der Waals surface area contributed by atoms with Gasteiger partial charge in [-0.05, 0) is 54.2 Å². The molecule has 6 heteroatoms. The Morgan fingerprint density at radius 3 is 2.22 bits per heavy atom. The van der Waals surface area contributed by atoms with Crippen molar-refractivity contribution in [3.8, 4) is 5.75 Å². The molecule has 1 atom stereocenters. The van der Waals surface area contributed by atoms with Gasteiger partial charge >= 0.3 is 0 Å². The molecule has 0 aromatic heterocycles. The molecule has 0 aliphatic carbocycles. The maximum Gasteiger partial charge on any atom is 0.261 e. The first-order chi connectivity index (χ1) is 17.5. The number of carbonyl (C=O) groups excluding carboxylic acids is 2. The van der Waals surface area contributed by atoms with Crippen molar-refractivity contribution >= 4 is 23.4 Å². The summed E-state index contributed by atoms with van der Waals surface area (Å²) < 4.78 is 6.08. The molecule has 0 saturated heterocycles. The summed E-state index contributed by atoms with van der Waals surface area (Å²) in [4.78, 5) is 28.8. The van der Waals surface area contributed by atoms with E-state index in [4.69, 9.17) is 16.3 Å². The lowest BCUT2D eigenvalue weighted by Crippen LogP contribution is -2.52. The number of ether oxygens (including phenoxy) is 1. The Balaban J connectivity index is 1.94. The maximum atomic E-state index is 13.8. The lowest BCUT2D eigenvalue weighted by Gasteiger charge is -2.32. The molecule has 2 amide bonds. The van der Waals surface area contributed by atoms with Gasteiger partial charge in [-0.1, -0.05) is 93.0 Å². The topological polar surface area (TPSA) is 58.6 Å². The fourth-order valence-corrected chi connectivity index (χ4v) is 4.41. The monoisotopic (exact) mass is 520 g/mol. The number of carbonyl (C=O) groups is 2. The Labute approximate surface area is 225 Å². The molecule has 5 nitrogen and oxygen atoms in total. The van der Waals surface area contributed by atoms with E-state index in [2.05, 4.69) is 26.1 Å². The SMILES string of the molecule is CC(C)NC(=O)[C@H](Cc1ccccc1)N(Cc1cccc(Cl)c1)C(=O)COc1ccccc1C(C)(C)C. The van der Waals surface area contributed by atoms with Gasteiger partial charge in [0.25, 0.3) is 5.91 Å². The Bertz CT molecular complexity index is 1190. The smallest absolute Gasteiger partial charge is 0.261 e. The first-order valence-corrected chi connectivity index (χ1v) is 13.0. The van der Waals surface area contributed by atoms with Crippen LogP contribution in [0.1, 0.15) is 51.3 Å². The molecule has 0 unspecified atom stereocenters. The van der Waals surface area contributed by atoms with Gasteiger partial charge in [0.15, 0.2) is 6.61 Å². The van der Waals surface area contributed by atoms with Crippen molar-refractivity contribution in [3.05, 3.63) is 101 Å². The van der Waals surface area contributed by atoms with E-state index in [0.29, 0.717) is 17.2 Å². The third-order valence-electron chi connectivity index (χ3n) is 5.99. The summed E-state index contributed by atoms with van der Waals surface area (Å²) >= 11 is 6.24. The number of para-hydroxylation sites is 1. The highest BCUT2D eigenvalue weighted by Gasteiger charge is 2.31. The molecule has 3 rings (SSSR count). The van der Waals surface area contributed by atoms with E-state index in [1.807, 2.05) is 86.6 Å². The molecule has 0 fully saturated rings. The molecule has 0 saturated carbocycles. The molecular formula is C31H37ClN2O3. The summed E-state index contributed by atoms with van der Waals surface area (Å²) in [5.41, 5.74) is 2.68. The number of hydrogen-bond acceptors (Lipinski definition) is 3. The van der Waals surface area contributed by atoms with Crippen molar-refractivity contribution < 1.29 is 14.3 Å². The predicted octanol–water partition coefficient (Wildman–Crippen LogP) is 6.18. The third-order valence-corrected chi connectivity index (χ3v) is 6.23. The molecule has 1 N–H and O–H groups in total. The Kier molecular flexibility index (Phi) is 9.76. The second kappa shape index (κ2) is 12.8. The van der Waals surface area contributed by atoms with Crippen molar-refractivity contribution in [1.82, 2.24) is 10.2 Å². The molecule has 196 valence electrons. The van der Waals surface area contributed by atoms with Gasteiger partial charge in [0, 0.05) is 24.0 Å².